The van der Waals surface area contributed by atoms with Crippen molar-refractivity contribution in [3.05, 3.63) is 6.92 Å². The lowest BCUT2D eigenvalue weighted by molar-refractivity contribution is 0.0202. The molecule has 108 valence electrons. The molecular formula is C15H26N2O2. The molecule has 4 nitrogen and oxygen atoms in total. The third-order valence-corrected chi connectivity index (χ3v) is 3.78. The van der Waals surface area contributed by atoms with E-state index in [1.54, 1.807) is 0 Å². The Bertz CT molecular complexity index is 325. The summed E-state index contributed by atoms with van der Waals surface area (Å²) in [6.07, 6.45) is 3.05. The van der Waals surface area contributed by atoms with E-state index in [2.05, 4.69) is 4.90 Å². The quantitative estimate of drug-likeness (QED) is 0.769. The second-order valence-corrected chi connectivity index (χ2v) is 6.78. The van der Waals surface area contributed by atoms with E-state index >= 15 is 0 Å². The standard InChI is InChI=1S/C15H26N2O2/c1-12-7-9-16(10-12)11-13-6-5-8-17(13)14(18)19-15(2,3)4/h1,12-13H,5-11H2,2-4H3. The van der Waals surface area contributed by atoms with Crippen LogP contribution in [-0.2, 0) is 4.74 Å². The van der Waals surface area contributed by atoms with E-state index in [1.165, 1.54) is 0 Å². The molecule has 0 saturated carbocycles. The van der Waals surface area contributed by atoms with Gasteiger partial charge in [0.1, 0.15) is 5.60 Å². The number of likely N-dealkylation sites (tertiary alicyclic amines) is 2. The van der Waals surface area contributed by atoms with Crippen LogP contribution in [0.4, 0.5) is 4.79 Å². The number of ether oxygens (including phenoxy) is 1. The molecule has 2 fully saturated rings. The van der Waals surface area contributed by atoms with E-state index < -0.39 is 5.60 Å². The van der Waals surface area contributed by atoms with Crippen LogP contribution in [0.2, 0.25) is 0 Å². The molecule has 2 rings (SSSR count). The maximum Gasteiger partial charge on any atom is 0.410 e. The van der Waals surface area contributed by atoms with E-state index in [9.17, 15) is 4.79 Å². The SMILES string of the molecule is [CH]C1CCN(CC2CCCN2C(=O)OC(C)(C)C)C1. The van der Waals surface area contributed by atoms with Gasteiger partial charge in [-0.3, -0.25) is 0 Å². The number of hydrogen-bond acceptors (Lipinski definition) is 3. The highest BCUT2D eigenvalue weighted by Crippen LogP contribution is 2.24. The molecule has 1 amide bonds. The van der Waals surface area contributed by atoms with Crippen LogP contribution in [0.5, 0.6) is 0 Å². The predicted octanol–water partition coefficient (Wildman–Crippen LogP) is 2.42. The average Bonchev–Trinajstić information content (AvgIpc) is 2.86. The summed E-state index contributed by atoms with van der Waals surface area (Å²) in [7, 11) is 0. The molecule has 0 bridgehead atoms. The largest absolute Gasteiger partial charge is 0.444 e. The maximum atomic E-state index is 12.2. The Kier molecular flexibility index (Phi) is 4.39. The highest BCUT2D eigenvalue weighted by atomic mass is 16.6. The number of amides is 1. The van der Waals surface area contributed by atoms with Gasteiger partial charge in [-0.15, -0.1) is 0 Å². The minimum absolute atomic E-state index is 0.168. The lowest BCUT2D eigenvalue weighted by atomic mass is 10.2. The summed E-state index contributed by atoms with van der Waals surface area (Å²) in [4.78, 5) is 16.4. The summed E-state index contributed by atoms with van der Waals surface area (Å²) in [5, 5.41) is 0. The highest BCUT2D eigenvalue weighted by Gasteiger charge is 2.34. The van der Waals surface area contributed by atoms with Gasteiger partial charge in [0, 0.05) is 25.7 Å². The van der Waals surface area contributed by atoms with Gasteiger partial charge in [0.05, 0.1) is 0 Å². The van der Waals surface area contributed by atoms with Crippen LogP contribution in [0, 0.1) is 12.8 Å². The fourth-order valence-electron chi connectivity index (χ4n) is 2.91. The van der Waals surface area contributed by atoms with Crippen molar-refractivity contribution in [2.45, 2.75) is 51.7 Å². The normalized spacial score (nSPS) is 28.9. The van der Waals surface area contributed by atoms with Crippen molar-refractivity contribution >= 4 is 6.09 Å². The first-order chi connectivity index (χ1) is 8.85. The lowest BCUT2D eigenvalue weighted by Gasteiger charge is -2.30. The fourth-order valence-corrected chi connectivity index (χ4v) is 2.91. The van der Waals surface area contributed by atoms with Crippen LogP contribution in [0.15, 0.2) is 0 Å². The molecule has 2 saturated heterocycles. The number of carbonyl (C=O) groups is 1. The van der Waals surface area contributed by atoms with Gasteiger partial charge in [-0.25, -0.2) is 4.79 Å². The van der Waals surface area contributed by atoms with Crippen LogP contribution in [0.25, 0.3) is 0 Å². The second kappa shape index (κ2) is 5.70. The molecule has 2 radical (unpaired) electrons. The van der Waals surface area contributed by atoms with Crippen molar-refractivity contribution in [3.63, 3.8) is 0 Å². The molecule has 0 aromatic carbocycles. The van der Waals surface area contributed by atoms with Crippen molar-refractivity contribution in [1.29, 1.82) is 0 Å². The van der Waals surface area contributed by atoms with Gasteiger partial charge in [-0.05, 0) is 59.4 Å². The molecule has 2 heterocycles. The lowest BCUT2D eigenvalue weighted by Crippen LogP contribution is -2.44. The van der Waals surface area contributed by atoms with Crippen LogP contribution in [0.1, 0.15) is 40.0 Å². The Labute approximate surface area is 117 Å². The molecule has 2 aliphatic rings. The Morgan fingerprint density at radius 1 is 1.32 bits per heavy atom. The second-order valence-electron chi connectivity index (χ2n) is 6.78. The van der Waals surface area contributed by atoms with E-state index in [-0.39, 0.29) is 6.09 Å². The molecule has 0 N–H and O–H groups in total. The smallest absolute Gasteiger partial charge is 0.410 e. The molecule has 0 spiro atoms. The van der Waals surface area contributed by atoms with Gasteiger partial charge >= 0.3 is 6.09 Å². The Hall–Kier alpha value is -0.770. The fraction of sp³-hybridized carbons (Fsp3) is 0.867. The summed E-state index contributed by atoms with van der Waals surface area (Å²) >= 11 is 0. The van der Waals surface area contributed by atoms with Crippen LogP contribution in [0.3, 0.4) is 0 Å². The van der Waals surface area contributed by atoms with Crippen molar-refractivity contribution < 1.29 is 9.53 Å². The first kappa shape index (κ1) is 14.6. The van der Waals surface area contributed by atoms with Gasteiger partial charge < -0.3 is 14.5 Å². The van der Waals surface area contributed by atoms with Crippen LogP contribution in [-0.4, -0.2) is 53.7 Å². The highest BCUT2D eigenvalue weighted by molar-refractivity contribution is 5.69. The number of hydrogen-bond donors (Lipinski definition) is 0. The minimum atomic E-state index is -0.416. The first-order valence-corrected chi connectivity index (χ1v) is 7.33. The van der Waals surface area contributed by atoms with E-state index in [4.69, 9.17) is 11.7 Å². The van der Waals surface area contributed by atoms with E-state index in [0.717, 1.165) is 45.4 Å². The minimum Gasteiger partial charge on any atom is -0.444 e. The van der Waals surface area contributed by atoms with Gasteiger partial charge in [-0.2, -0.15) is 0 Å². The summed E-state index contributed by atoms with van der Waals surface area (Å²) in [5.41, 5.74) is -0.416. The topological polar surface area (TPSA) is 32.8 Å². The van der Waals surface area contributed by atoms with Crippen molar-refractivity contribution in [2.75, 3.05) is 26.2 Å². The monoisotopic (exact) mass is 266 g/mol. The summed E-state index contributed by atoms with van der Waals surface area (Å²) < 4.78 is 5.48. The zero-order valence-corrected chi connectivity index (χ0v) is 12.4. The van der Waals surface area contributed by atoms with Gasteiger partial charge in [0.25, 0.3) is 0 Å². The van der Waals surface area contributed by atoms with Crippen molar-refractivity contribution in [1.82, 2.24) is 9.80 Å². The Morgan fingerprint density at radius 3 is 2.63 bits per heavy atom. The molecule has 0 aromatic rings. The number of nitrogens with zero attached hydrogens (tertiary/aromatic N) is 2. The third kappa shape index (κ3) is 4.10. The molecule has 2 aliphatic heterocycles. The Balaban J connectivity index is 1.88. The maximum absolute atomic E-state index is 12.2. The summed E-state index contributed by atoms with van der Waals surface area (Å²) in [6, 6.07) is 0.292. The third-order valence-electron chi connectivity index (χ3n) is 3.78. The zero-order chi connectivity index (χ0) is 14.0. The Morgan fingerprint density at radius 2 is 2.05 bits per heavy atom. The first-order valence-electron chi connectivity index (χ1n) is 7.33. The van der Waals surface area contributed by atoms with Gasteiger partial charge in [-0.1, -0.05) is 0 Å². The van der Waals surface area contributed by atoms with E-state index in [1.807, 2.05) is 25.7 Å². The average molecular weight is 266 g/mol. The van der Waals surface area contributed by atoms with Crippen LogP contribution < -0.4 is 0 Å². The summed E-state index contributed by atoms with van der Waals surface area (Å²) in [5.74, 6) is 0.302. The molecule has 19 heavy (non-hydrogen) atoms. The van der Waals surface area contributed by atoms with Crippen molar-refractivity contribution in [3.8, 4) is 0 Å². The number of carbonyl (C=O) groups excluding carboxylic acids is 1. The van der Waals surface area contributed by atoms with Gasteiger partial charge in [0.15, 0.2) is 0 Å². The predicted molar refractivity (Wildman–Crippen MR) is 74.8 cm³/mol. The molecule has 0 aliphatic carbocycles. The number of rotatable bonds is 2. The molecule has 2 unspecified atom stereocenters. The van der Waals surface area contributed by atoms with Gasteiger partial charge in [0.2, 0.25) is 0 Å². The zero-order valence-electron chi connectivity index (χ0n) is 12.4. The van der Waals surface area contributed by atoms with E-state index in [0.29, 0.717) is 12.0 Å². The molecular weight excluding hydrogens is 240 g/mol. The molecule has 4 heteroatoms. The molecule has 2 atom stereocenters. The van der Waals surface area contributed by atoms with Crippen molar-refractivity contribution in [2.24, 2.45) is 5.92 Å². The summed E-state index contributed by atoms with van der Waals surface area (Å²) in [6.45, 7) is 15.4. The van der Waals surface area contributed by atoms with Crippen LogP contribution >= 0.6 is 0 Å². The molecule has 0 aromatic heterocycles.